The van der Waals surface area contributed by atoms with E-state index in [0.717, 1.165) is 0 Å². The highest BCUT2D eigenvalue weighted by atomic mass is 15.0. The molecule has 0 bridgehead atoms. The summed E-state index contributed by atoms with van der Waals surface area (Å²) in [5.41, 5.74) is 7.27. The summed E-state index contributed by atoms with van der Waals surface area (Å²) >= 11 is 0. The average molecular weight is 409 g/mol. The van der Waals surface area contributed by atoms with Gasteiger partial charge in [-0.3, -0.25) is 0 Å². The second-order valence-corrected chi connectivity index (χ2v) is 8.26. The van der Waals surface area contributed by atoms with Crippen molar-refractivity contribution in [2.45, 2.75) is 0 Å². The summed E-state index contributed by atoms with van der Waals surface area (Å²) in [5, 5.41) is 5.12. The Hall–Kier alpha value is -4.30. The predicted octanol–water partition coefficient (Wildman–Crippen LogP) is 7.88. The number of nitrogens with zero attached hydrogens (tertiary/aromatic N) is 2. The number of para-hydroxylation sites is 4. The summed E-state index contributed by atoms with van der Waals surface area (Å²) in [6.07, 6.45) is 0. The molecule has 0 fully saturated rings. The van der Waals surface area contributed by atoms with Crippen LogP contribution in [0.3, 0.4) is 0 Å². The van der Waals surface area contributed by atoms with Gasteiger partial charge in [0.2, 0.25) is 0 Å². The molecule has 2 aromatic heterocycles. The van der Waals surface area contributed by atoms with Gasteiger partial charge in [0.25, 0.3) is 0 Å². The van der Waals surface area contributed by atoms with E-state index in [9.17, 15) is 0 Å². The van der Waals surface area contributed by atoms with Gasteiger partial charge in [-0.25, -0.2) is 0 Å². The third kappa shape index (κ3) is 2.35. The molecule has 0 atom stereocenters. The van der Waals surface area contributed by atoms with Crippen molar-refractivity contribution in [3.8, 4) is 11.4 Å². The van der Waals surface area contributed by atoms with Crippen LogP contribution in [-0.4, -0.2) is 9.13 Å². The number of hydrogen-bond acceptors (Lipinski definition) is 0. The maximum Gasteiger partial charge on any atom is 0.0561 e. The van der Waals surface area contributed by atoms with Crippen molar-refractivity contribution in [2.75, 3.05) is 0 Å². The van der Waals surface area contributed by atoms with E-state index in [4.69, 9.17) is 0 Å². The zero-order chi connectivity index (χ0) is 21.1. The lowest BCUT2D eigenvalue weighted by atomic mass is 10.1. The molecule has 0 radical (unpaired) electrons. The van der Waals surface area contributed by atoms with Crippen LogP contribution < -0.4 is 0 Å². The van der Waals surface area contributed by atoms with Gasteiger partial charge in [0.15, 0.2) is 0 Å². The normalized spacial score (nSPS) is 11.8. The molecular formula is C30H20N2. The standard InChI is InChI=1S/C30H20N2/c1-2-10-21(11-3-1)31-27-15-7-6-14-25(27)26-19-18-22(20-30(26)31)32-28-16-8-4-12-23(28)24-13-5-9-17-29(24)32/h1-20H. The minimum Gasteiger partial charge on any atom is -0.309 e. The second kappa shape index (κ2) is 6.60. The van der Waals surface area contributed by atoms with Crippen molar-refractivity contribution in [3.63, 3.8) is 0 Å². The Morgan fingerprint density at radius 2 is 0.750 bits per heavy atom. The molecule has 32 heavy (non-hydrogen) atoms. The topological polar surface area (TPSA) is 9.86 Å². The SMILES string of the molecule is c1ccc(-n2c3ccccc3c3ccc(-n4c5ccccc5c5ccccc54)cc32)cc1. The molecule has 7 aromatic rings. The molecule has 0 amide bonds. The first-order valence-electron chi connectivity index (χ1n) is 11.0. The highest BCUT2D eigenvalue weighted by Gasteiger charge is 2.15. The molecule has 0 unspecified atom stereocenters. The average Bonchev–Trinajstić information content (AvgIpc) is 3.37. The van der Waals surface area contributed by atoms with Crippen LogP contribution in [0.4, 0.5) is 0 Å². The molecule has 0 spiro atoms. The summed E-state index contributed by atoms with van der Waals surface area (Å²) in [7, 11) is 0. The van der Waals surface area contributed by atoms with Gasteiger partial charge in [-0.15, -0.1) is 0 Å². The smallest absolute Gasteiger partial charge is 0.0561 e. The minimum atomic E-state index is 1.18. The third-order valence-corrected chi connectivity index (χ3v) is 6.51. The van der Waals surface area contributed by atoms with Gasteiger partial charge in [0.05, 0.1) is 22.1 Å². The quantitative estimate of drug-likeness (QED) is 0.275. The Bertz CT molecular complexity index is 1710. The lowest BCUT2D eigenvalue weighted by Gasteiger charge is -2.11. The Morgan fingerprint density at radius 3 is 1.31 bits per heavy atom. The number of aromatic nitrogens is 2. The molecule has 0 aliphatic rings. The van der Waals surface area contributed by atoms with Crippen LogP contribution in [0.1, 0.15) is 0 Å². The highest BCUT2D eigenvalue weighted by Crippen LogP contribution is 2.36. The molecule has 5 aromatic carbocycles. The first kappa shape index (κ1) is 17.4. The lowest BCUT2D eigenvalue weighted by Crippen LogP contribution is -1.96. The van der Waals surface area contributed by atoms with Crippen molar-refractivity contribution < 1.29 is 0 Å². The molecule has 2 heteroatoms. The van der Waals surface area contributed by atoms with Crippen molar-refractivity contribution in [1.82, 2.24) is 9.13 Å². The van der Waals surface area contributed by atoms with Crippen LogP contribution >= 0.6 is 0 Å². The van der Waals surface area contributed by atoms with E-state index in [1.54, 1.807) is 0 Å². The predicted molar refractivity (Wildman–Crippen MR) is 135 cm³/mol. The summed E-state index contributed by atoms with van der Waals surface area (Å²) in [6, 6.07) is 43.5. The van der Waals surface area contributed by atoms with Gasteiger partial charge in [-0.1, -0.05) is 78.9 Å². The molecule has 7 rings (SSSR count). The van der Waals surface area contributed by atoms with Gasteiger partial charge < -0.3 is 9.13 Å². The Labute approximate surface area is 185 Å². The van der Waals surface area contributed by atoms with Crippen LogP contribution in [-0.2, 0) is 0 Å². The number of rotatable bonds is 2. The Kier molecular flexibility index (Phi) is 3.58. The van der Waals surface area contributed by atoms with Crippen LogP contribution in [0, 0.1) is 0 Å². The largest absolute Gasteiger partial charge is 0.309 e. The fourth-order valence-electron chi connectivity index (χ4n) is 5.15. The van der Waals surface area contributed by atoms with Crippen LogP contribution in [0.25, 0.3) is 55.0 Å². The number of hydrogen-bond donors (Lipinski definition) is 0. The highest BCUT2D eigenvalue weighted by molar-refractivity contribution is 6.11. The first-order chi connectivity index (χ1) is 15.9. The van der Waals surface area contributed by atoms with E-state index < -0.39 is 0 Å². The van der Waals surface area contributed by atoms with Gasteiger partial charge in [0, 0.05) is 32.9 Å². The fraction of sp³-hybridized carbons (Fsp3) is 0. The summed E-state index contributed by atoms with van der Waals surface area (Å²) in [4.78, 5) is 0. The minimum absolute atomic E-state index is 1.18. The molecule has 0 saturated carbocycles. The number of fused-ring (bicyclic) bond motifs is 6. The van der Waals surface area contributed by atoms with Crippen molar-refractivity contribution in [1.29, 1.82) is 0 Å². The zero-order valence-corrected chi connectivity index (χ0v) is 17.4. The van der Waals surface area contributed by atoms with E-state index in [-0.39, 0.29) is 0 Å². The second-order valence-electron chi connectivity index (χ2n) is 8.26. The van der Waals surface area contributed by atoms with E-state index in [2.05, 4.69) is 130 Å². The van der Waals surface area contributed by atoms with E-state index in [1.165, 1.54) is 55.0 Å². The Balaban J connectivity index is 1.62. The maximum atomic E-state index is 2.39. The molecule has 0 aliphatic heterocycles. The van der Waals surface area contributed by atoms with Crippen LogP contribution in [0.15, 0.2) is 121 Å². The molecule has 2 heterocycles. The number of benzene rings is 5. The van der Waals surface area contributed by atoms with E-state index in [0.29, 0.717) is 0 Å². The molecule has 0 aliphatic carbocycles. The van der Waals surface area contributed by atoms with Crippen LogP contribution in [0.5, 0.6) is 0 Å². The molecule has 2 nitrogen and oxygen atoms in total. The van der Waals surface area contributed by atoms with Gasteiger partial charge in [0.1, 0.15) is 0 Å². The zero-order valence-electron chi connectivity index (χ0n) is 17.4. The third-order valence-electron chi connectivity index (χ3n) is 6.51. The van der Waals surface area contributed by atoms with Crippen molar-refractivity contribution >= 4 is 43.6 Å². The maximum absolute atomic E-state index is 2.39. The lowest BCUT2D eigenvalue weighted by molar-refractivity contribution is 1.15. The monoisotopic (exact) mass is 408 g/mol. The van der Waals surface area contributed by atoms with E-state index >= 15 is 0 Å². The fourth-order valence-corrected chi connectivity index (χ4v) is 5.15. The van der Waals surface area contributed by atoms with Gasteiger partial charge in [-0.2, -0.15) is 0 Å². The summed E-state index contributed by atoms with van der Waals surface area (Å²) in [5.74, 6) is 0. The first-order valence-corrected chi connectivity index (χ1v) is 11.0. The van der Waals surface area contributed by atoms with Crippen molar-refractivity contribution in [2.24, 2.45) is 0 Å². The van der Waals surface area contributed by atoms with Gasteiger partial charge in [-0.05, 0) is 42.5 Å². The molecule has 0 saturated heterocycles. The van der Waals surface area contributed by atoms with Gasteiger partial charge >= 0.3 is 0 Å². The van der Waals surface area contributed by atoms with Crippen molar-refractivity contribution in [3.05, 3.63) is 121 Å². The summed E-state index contributed by atoms with van der Waals surface area (Å²) < 4.78 is 4.76. The van der Waals surface area contributed by atoms with E-state index in [1.807, 2.05) is 0 Å². The molecule has 0 N–H and O–H groups in total. The molecular weight excluding hydrogens is 388 g/mol. The molecule has 150 valence electrons. The van der Waals surface area contributed by atoms with Crippen LogP contribution in [0.2, 0.25) is 0 Å². The summed E-state index contributed by atoms with van der Waals surface area (Å²) in [6.45, 7) is 0. The Morgan fingerprint density at radius 1 is 0.312 bits per heavy atom.